The number of methoxy groups -OCH3 is 1. The van der Waals surface area contributed by atoms with Crippen molar-refractivity contribution in [2.75, 3.05) is 13.7 Å². The molecule has 20 heavy (non-hydrogen) atoms. The Kier molecular flexibility index (Phi) is 9.54. The molecule has 1 saturated carbocycles. The third kappa shape index (κ3) is 6.58. The van der Waals surface area contributed by atoms with Crippen LogP contribution in [0.15, 0.2) is 0 Å². The molecule has 0 saturated heterocycles. The fourth-order valence-electron chi connectivity index (χ4n) is 3.42. The summed E-state index contributed by atoms with van der Waals surface area (Å²) in [7, 11) is 1.90. The second-order valence-corrected chi connectivity index (χ2v) is 6.61. The van der Waals surface area contributed by atoms with Crippen molar-refractivity contribution in [3.63, 3.8) is 0 Å². The standard InChI is InChI=1S/C18H37NO/c1-4-6-7-8-9-10-11-13-17(19-5-2)16-18(20-3)14-12-15-18/h17,19H,4-16H2,1-3H3. The smallest absolute Gasteiger partial charge is 0.0693 e. The fourth-order valence-corrected chi connectivity index (χ4v) is 3.42. The highest BCUT2D eigenvalue weighted by Crippen LogP contribution is 2.39. The molecule has 120 valence electrons. The van der Waals surface area contributed by atoms with E-state index in [1.807, 2.05) is 7.11 Å². The summed E-state index contributed by atoms with van der Waals surface area (Å²) in [6.07, 6.45) is 16.3. The first-order valence-corrected chi connectivity index (χ1v) is 9.05. The van der Waals surface area contributed by atoms with Crippen LogP contribution in [0.4, 0.5) is 0 Å². The van der Waals surface area contributed by atoms with Crippen molar-refractivity contribution in [1.29, 1.82) is 0 Å². The molecule has 0 radical (unpaired) electrons. The molecule has 1 unspecified atom stereocenters. The number of ether oxygens (including phenoxy) is 1. The average Bonchev–Trinajstić information content (AvgIpc) is 2.41. The second kappa shape index (κ2) is 10.6. The van der Waals surface area contributed by atoms with Crippen molar-refractivity contribution in [3.05, 3.63) is 0 Å². The Hall–Kier alpha value is -0.0800. The molecule has 2 nitrogen and oxygen atoms in total. The van der Waals surface area contributed by atoms with Crippen LogP contribution in [0.5, 0.6) is 0 Å². The van der Waals surface area contributed by atoms with Crippen LogP contribution in [0.3, 0.4) is 0 Å². The summed E-state index contributed by atoms with van der Waals surface area (Å²) >= 11 is 0. The lowest BCUT2D eigenvalue weighted by Crippen LogP contribution is -2.45. The summed E-state index contributed by atoms with van der Waals surface area (Å²) in [6.45, 7) is 5.59. The van der Waals surface area contributed by atoms with Crippen LogP contribution in [-0.2, 0) is 4.74 Å². The SMILES string of the molecule is CCCCCCCCCC(CC1(OC)CCC1)NCC. The lowest BCUT2D eigenvalue weighted by molar-refractivity contribution is -0.0839. The van der Waals surface area contributed by atoms with Gasteiger partial charge in [-0.3, -0.25) is 0 Å². The first-order valence-electron chi connectivity index (χ1n) is 9.05. The minimum absolute atomic E-state index is 0.216. The Balaban J connectivity index is 2.12. The highest BCUT2D eigenvalue weighted by molar-refractivity contribution is 4.93. The van der Waals surface area contributed by atoms with Crippen molar-refractivity contribution in [2.24, 2.45) is 0 Å². The Morgan fingerprint density at radius 1 is 1.00 bits per heavy atom. The molecule has 1 rings (SSSR count). The van der Waals surface area contributed by atoms with Gasteiger partial charge < -0.3 is 10.1 Å². The summed E-state index contributed by atoms with van der Waals surface area (Å²) in [5, 5.41) is 3.67. The molecular weight excluding hydrogens is 246 g/mol. The van der Waals surface area contributed by atoms with Gasteiger partial charge in [-0.1, -0.05) is 58.8 Å². The molecule has 1 aliphatic rings. The first-order chi connectivity index (χ1) is 9.76. The molecule has 0 spiro atoms. The van der Waals surface area contributed by atoms with Crippen LogP contribution in [0.25, 0.3) is 0 Å². The number of hydrogen-bond acceptors (Lipinski definition) is 2. The molecule has 2 heteroatoms. The zero-order valence-corrected chi connectivity index (χ0v) is 14.2. The minimum Gasteiger partial charge on any atom is -0.378 e. The van der Waals surface area contributed by atoms with Gasteiger partial charge in [0, 0.05) is 13.2 Å². The van der Waals surface area contributed by atoms with Crippen LogP contribution in [0, 0.1) is 0 Å². The van der Waals surface area contributed by atoms with Gasteiger partial charge in [0.1, 0.15) is 0 Å². The van der Waals surface area contributed by atoms with Crippen LogP contribution in [0.2, 0.25) is 0 Å². The number of hydrogen-bond donors (Lipinski definition) is 1. The van der Waals surface area contributed by atoms with Crippen molar-refractivity contribution in [3.8, 4) is 0 Å². The van der Waals surface area contributed by atoms with E-state index in [0.717, 1.165) is 6.54 Å². The Morgan fingerprint density at radius 3 is 2.15 bits per heavy atom. The first kappa shape index (κ1) is 18.0. The monoisotopic (exact) mass is 283 g/mol. The largest absolute Gasteiger partial charge is 0.378 e. The van der Waals surface area contributed by atoms with E-state index in [4.69, 9.17) is 4.74 Å². The zero-order valence-electron chi connectivity index (χ0n) is 14.2. The number of unbranched alkanes of at least 4 members (excludes halogenated alkanes) is 6. The molecule has 0 aromatic carbocycles. The third-order valence-corrected chi connectivity index (χ3v) is 4.97. The van der Waals surface area contributed by atoms with Gasteiger partial charge >= 0.3 is 0 Å². The van der Waals surface area contributed by atoms with Crippen LogP contribution in [-0.4, -0.2) is 25.3 Å². The highest BCUT2D eigenvalue weighted by atomic mass is 16.5. The summed E-state index contributed by atoms with van der Waals surface area (Å²) in [5.74, 6) is 0. The molecule has 1 aliphatic carbocycles. The van der Waals surface area contributed by atoms with Gasteiger partial charge in [0.15, 0.2) is 0 Å². The molecule has 1 fully saturated rings. The van der Waals surface area contributed by atoms with E-state index in [1.165, 1.54) is 77.0 Å². The van der Waals surface area contributed by atoms with Crippen LogP contribution in [0.1, 0.15) is 90.9 Å². The number of nitrogens with one attached hydrogen (secondary N) is 1. The van der Waals surface area contributed by atoms with Gasteiger partial charge in [0.25, 0.3) is 0 Å². The molecule has 0 bridgehead atoms. The molecular formula is C18H37NO. The van der Waals surface area contributed by atoms with Gasteiger partial charge in [-0.25, -0.2) is 0 Å². The Labute approximate surface area is 127 Å². The lowest BCUT2D eigenvalue weighted by Gasteiger charge is -2.43. The van der Waals surface area contributed by atoms with Crippen molar-refractivity contribution in [2.45, 2.75) is 103 Å². The molecule has 0 aromatic rings. The molecule has 1 atom stereocenters. The Bertz CT molecular complexity index is 220. The fraction of sp³-hybridized carbons (Fsp3) is 1.00. The number of rotatable bonds is 13. The maximum absolute atomic E-state index is 5.78. The Morgan fingerprint density at radius 2 is 1.65 bits per heavy atom. The van der Waals surface area contributed by atoms with E-state index in [-0.39, 0.29) is 5.60 Å². The third-order valence-electron chi connectivity index (χ3n) is 4.97. The predicted octanol–water partition coefficient (Wildman–Crippen LogP) is 5.06. The van der Waals surface area contributed by atoms with Crippen LogP contribution < -0.4 is 5.32 Å². The van der Waals surface area contributed by atoms with Gasteiger partial charge in [0.2, 0.25) is 0 Å². The summed E-state index contributed by atoms with van der Waals surface area (Å²) < 4.78 is 5.78. The normalized spacial score (nSPS) is 18.8. The van der Waals surface area contributed by atoms with E-state index >= 15 is 0 Å². The van der Waals surface area contributed by atoms with E-state index in [9.17, 15) is 0 Å². The van der Waals surface area contributed by atoms with E-state index in [1.54, 1.807) is 0 Å². The molecule has 0 aliphatic heterocycles. The van der Waals surface area contributed by atoms with Gasteiger partial charge in [-0.2, -0.15) is 0 Å². The molecule has 1 N–H and O–H groups in total. The lowest BCUT2D eigenvalue weighted by atomic mass is 9.75. The van der Waals surface area contributed by atoms with E-state index < -0.39 is 0 Å². The van der Waals surface area contributed by atoms with Gasteiger partial charge in [-0.05, 0) is 38.6 Å². The predicted molar refractivity (Wildman–Crippen MR) is 88.3 cm³/mol. The highest BCUT2D eigenvalue weighted by Gasteiger charge is 2.38. The van der Waals surface area contributed by atoms with Crippen molar-refractivity contribution < 1.29 is 4.74 Å². The summed E-state index contributed by atoms with van der Waals surface area (Å²) in [6, 6.07) is 0.663. The summed E-state index contributed by atoms with van der Waals surface area (Å²) in [4.78, 5) is 0. The maximum atomic E-state index is 5.78. The van der Waals surface area contributed by atoms with E-state index in [2.05, 4.69) is 19.2 Å². The maximum Gasteiger partial charge on any atom is 0.0693 e. The van der Waals surface area contributed by atoms with Crippen molar-refractivity contribution in [1.82, 2.24) is 5.32 Å². The van der Waals surface area contributed by atoms with Crippen LogP contribution >= 0.6 is 0 Å². The molecule has 0 amide bonds. The molecule has 0 aromatic heterocycles. The van der Waals surface area contributed by atoms with E-state index in [0.29, 0.717) is 6.04 Å². The second-order valence-electron chi connectivity index (χ2n) is 6.61. The average molecular weight is 284 g/mol. The quantitative estimate of drug-likeness (QED) is 0.477. The van der Waals surface area contributed by atoms with Gasteiger partial charge in [-0.15, -0.1) is 0 Å². The summed E-state index contributed by atoms with van der Waals surface area (Å²) in [5.41, 5.74) is 0.216. The van der Waals surface area contributed by atoms with Gasteiger partial charge in [0.05, 0.1) is 5.60 Å². The molecule has 0 heterocycles. The minimum atomic E-state index is 0.216. The zero-order chi connectivity index (χ0) is 14.7. The topological polar surface area (TPSA) is 21.3 Å². The van der Waals surface area contributed by atoms with Crippen molar-refractivity contribution >= 4 is 0 Å².